The lowest BCUT2D eigenvalue weighted by molar-refractivity contribution is -0.127. The average Bonchev–Trinajstić information content (AvgIpc) is 2.74. The van der Waals surface area contributed by atoms with Crippen molar-refractivity contribution < 1.29 is 4.79 Å². The smallest absolute Gasteiger partial charge is 0.223 e. The van der Waals surface area contributed by atoms with Crippen molar-refractivity contribution in [2.45, 2.75) is 18.1 Å². The molecule has 3 rings (SSSR count). The quantitative estimate of drug-likeness (QED) is 0.870. The lowest BCUT2D eigenvalue weighted by atomic mass is 10.1. The topological polar surface area (TPSA) is 33.2 Å². The third-order valence-electron chi connectivity index (χ3n) is 3.52. The van der Waals surface area contributed by atoms with Crippen LogP contribution in [-0.2, 0) is 11.2 Å². The summed E-state index contributed by atoms with van der Waals surface area (Å²) < 4.78 is 0. The Morgan fingerprint density at radius 2 is 2.11 bits per heavy atom. The third-order valence-corrected chi connectivity index (χ3v) is 3.87. The van der Waals surface area contributed by atoms with Crippen molar-refractivity contribution in [3.05, 3.63) is 42.2 Å². The van der Waals surface area contributed by atoms with E-state index in [0.717, 1.165) is 30.6 Å². The number of hydrogen-bond donors (Lipinski definition) is 1. The Morgan fingerprint density at radius 3 is 2.84 bits per heavy atom. The van der Waals surface area contributed by atoms with Crippen molar-refractivity contribution >= 4 is 29.3 Å². The number of carbonyl (C=O) groups is 1. The van der Waals surface area contributed by atoms with E-state index < -0.39 is 0 Å². The predicted molar refractivity (Wildman–Crippen MR) is 79.4 cm³/mol. The van der Waals surface area contributed by atoms with Gasteiger partial charge in [-0.25, -0.2) is 0 Å². The molecule has 1 aliphatic rings. The van der Waals surface area contributed by atoms with E-state index in [1.807, 2.05) is 23.2 Å². The fraction of sp³-hybridized carbons (Fsp3) is 0.333. The lowest BCUT2D eigenvalue weighted by Crippen LogP contribution is -2.27. The number of amides is 1. The zero-order valence-corrected chi connectivity index (χ0v) is 11.5. The Bertz CT molecular complexity index is 614. The molecular formula is C15H16N2OS. The highest BCUT2D eigenvalue weighted by molar-refractivity contribution is 7.81. The summed E-state index contributed by atoms with van der Waals surface area (Å²) in [5.74, 6) is 0.209. The van der Waals surface area contributed by atoms with E-state index >= 15 is 0 Å². The van der Waals surface area contributed by atoms with Crippen molar-refractivity contribution in [3.63, 3.8) is 0 Å². The number of likely N-dealkylation sites (tertiary alicyclic amines) is 1. The highest BCUT2D eigenvalue weighted by Crippen LogP contribution is 2.17. The summed E-state index contributed by atoms with van der Waals surface area (Å²) in [5.41, 5.74) is 1.04. The van der Waals surface area contributed by atoms with E-state index in [1.165, 1.54) is 5.39 Å². The Labute approximate surface area is 118 Å². The van der Waals surface area contributed by atoms with Gasteiger partial charge in [0.15, 0.2) is 0 Å². The minimum absolute atomic E-state index is 0.192. The normalized spacial score (nSPS) is 19.3. The van der Waals surface area contributed by atoms with Gasteiger partial charge in [0, 0.05) is 48.5 Å². The van der Waals surface area contributed by atoms with Gasteiger partial charge >= 0.3 is 0 Å². The monoisotopic (exact) mass is 272 g/mol. The van der Waals surface area contributed by atoms with Crippen LogP contribution in [0.5, 0.6) is 0 Å². The molecular weight excluding hydrogens is 256 g/mol. The van der Waals surface area contributed by atoms with E-state index in [-0.39, 0.29) is 11.2 Å². The molecule has 0 N–H and O–H groups in total. The van der Waals surface area contributed by atoms with Crippen molar-refractivity contribution in [1.82, 2.24) is 9.88 Å². The van der Waals surface area contributed by atoms with Gasteiger partial charge in [0.05, 0.1) is 0 Å². The van der Waals surface area contributed by atoms with Crippen LogP contribution in [0.1, 0.15) is 12.1 Å². The summed E-state index contributed by atoms with van der Waals surface area (Å²) in [7, 11) is 0. The predicted octanol–water partition coefficient (Wildman–Crippen LogP) is 2.31. The molecule has 98 valence electrons. The maximum absolute atomic E-state index is 11.7. The number of benzene rings is 1. The first kappa shape index (κ1) is 12.5. The van der Waals surface area contributed by atoms with Gasteiger partial charge in [-0.3, -0.25) is 9.78 Å². The number of pyridine rings is 1. The Morgan fingerprint density at radius 1 is 1.32 bits per heavy atom. The third kappa shape index (κ3) is 2.73. The molecule has 1 saturated heterocycles. The number of thiol groups is 1. The molecule has 0 bridgehead atoms. The van der Waals surface area contributed by atoms with Crippen LogP contribution in [-0.4, -0.2) is 34.1 Å². The van der Waals surface area contributed by atoms with Crippen LogP contribution in [0, 0.1) is 0 Å². The number of fused-ring (bicyclic) bond motifs is 1. The lowest BCUT2D eigenvalue weighted by Gasteiger charge is -2.15. The van der Waals surface area contributed by atoms with Crippen LogP contribution in [0.3, 0.4) is 0 Å². The first-order valence-electron chi connectivity index (χ1n) is 6.52. The second-order valence-corrected chi connectivity index (χ2v) is 5.70. The summed E-state index contributed by atoms with van der Waals surface area (Å²) >= 11 is 4.36. The minimum atomic E-state index is 0.192. The first-order valence-corrected chi connectivity index (χ1v) is 7.03. The fourth-order valence-electron chi connectivity index (χ4n) is 2.48. The second kappa shape index (κ2) is 5.21. The van der Waals surface area contributed by atoms with Gasteiger partial charge < -0.3 is 4.90 Å². The molecule has 1 unspecified atom stereocenters. The van der Waals surface area contributed by atoms with E-state index in [0.29, 0.717) is 6.42 Å². The zero-order chi connectivity index (χ0) is 13.2. The number of aromatic nitrogens is 1. The molecule has 2 aromatic rings. The Hall–Kier alpha value is -1.55. The van der Waals surface area contributed by atoms with Gasteiger partial charge in [-0.05, 0) is 11.5 Å². The molecule has 1 aliphatic heterocycles. The van der Waals surface area contributed by atoms with Gasteiger partial charge in [-0.1, -0.05) is 24.3 Å². The molecule has 0 radical (unpaired) electrons. The van der Waals surface area contributed by atoms with Gasteiger partial charge in [-0.2, -0.15) is 12.6 Å². The summed E-state index contributed by atoms with van der Waals surface area (Å²) in [5, 5.41) is 2.54. The van der Waals surface area contributed by atoms with Crippen LogP contribution in [0.25, 0.3) is 10.8 Å². The van der Waals surface area contributed by atoms with Crippen LogP contribution in [0.2, 0.25) is 0 Å². The summed E-state index contributed by atoms with van der Waals surface area (Å²) in [6.07, 6.45) is 3.27. The molecule has 2 heterocycles. The van der Waals surface area contributed by atoms with E-state index in [2.05, 4.69) is 35.8 Å². The number of nitrogens with zero attached hydrogens (tertiary/aromatic N) is 2. The van der Waals surface area contributed by atoms with Crippen LogP contribution in [0.4, 0.5) is 0 Å². The van der Waals surface area contributed by atoms with E-state index in [1.54, 1.807) is 0 Å². The van der Waals surface area contributed by atoms with E-state index in [4.69, 9.17) is 0 Å². The molecule has 19 heavy (non-hydrogen) atoms. The van der Waals surface area contributed by atoms with Crippen molar-refractivity contribution in [1.29, 1.82) is 0 Å². The zero-order valence-electron chi connectivity index (χ0n) is 10.6. The summed E-state index contributed by atoms with van der Waals surface area (Å²) in [4.78, 5) is 18.0. The molecule has 1 atom stereocenters. The highest BCUT2D eigenvalue weighted by atomic mass is 32.1. The second-order valence-electron chi connectivity index (χ2n) is 4.97. The number of rotatable bonds is 3. The van der Waals surface area contributed by atoms with Gasteiger partial charge in [0.1, 0.15) is 0 Å². The maximum Gasteiger partial charge on any atom is 0.223 e. The summed E-state index contributed by atoms with van der Waals surface area (Å²) in [6, 6.07) is 10.3. The minimum Gasteiger partial charge on any atom is -0.341 e. The molecule has 1 aromatic carbocycles. The molecule has 0 saturated carbocycles. The Balaban J connectivity index is 1.70. The van der Waals surface area contributed by atoms with Crippen LogP contribution < -0.4 is 0 Å². The maximum atomic E-state index is 11.7. The molecule has 0 aliphatic carbocycles. The number of carbonyl (C=O) groups excluding carboxylic acids is 1. The molecule has 0 spiro atoms. The van der Waals surface area contributed by atoms with Crippen molar-refractivity contribution in [2.24, 2.45) is 0 Å². The molecule has 1 fully saturated rings. The number of hydrogen-bond acceptors (Lipinski definition) is 3. The molecule has 1 aromatic heterocycles. The van der Waals surface area contributed by atoms with Crippen molar-refractivity contribution in [3.8, 4) is 0 Å². The molecule has 1 amide bonds. The molecule has 3 nitrogen and oxygen atoms in total. The van der Waals surface area contributed by atoms with Gasteiger partial charge in [0.25, 0.3) is 0 Å². The van der Waals surface area contributed by atoms with Crippen molar-refractivity contribution in [2.75, 3.05) is 13.1 Å². The average molecular weight is 272 g/mol. The molecule has 4 heteroatoms. The van der Waals surface area contributed by atoms with Gasteiger partial charge in [-0.15, -0.1) is 0 Å². The fourth-order valence-corrected chi connectivity index (χ4v) is 2.84. The standard InChI is InChI=1S/C15H16N2OS/c18-15-8-14(19)10-17(15)6-5-13-7-11-3-1-2-4-12(11)9-16-13/h1-4,7,9,14,19H,5-6,8,10H2. The first-order chi connectivity index (χ1) is 9.22. The highest BCUT2D eigenvalue weighted by Gasteiger charge is 2.26. The largest absolute Gasteiger partial charge is 0.341 e. The van der Waals surface area contributed by atoms with Crippen LogP contribution in [0.15, 0.2) is 36.5 Å². The Kier molecular flexibility index (Phi) is 3.42. The van der Waals surface area contributed by atoms with E-state index in [9.17, 15) is 4.79 Å². The van der Waals surface area contributed by atoms with Crippen LogP contribution >= 0.6 is 12.6 Å². The SMILES string of the molecule is O=C1CC(S)CN1CCc1cc2ccccc2cn1. The van der Waals surface area contributed by atoms with Gasteiger partial charge in [0.2, 0.25) is 5.91 Å². The summed E-state index contributed by atoms with van der Waals surface area (Å²) in [6.45, 7) is 1.50.